The maximum Gasteiger partial charge on any atom is 0.170 e. The maximum atomic E-state index is 8.74. The summed E-state index contributed by atoms with van der Waals surface area (Å²) in [5.41, 5.74) is 10.6. The van der Waals surface area contributed by atoms with Crippen LogP contribution < -0.4 is 11.5 Å². The zero-order valence-electron chi connectivity index (χ0n) is 5.29. The van der Waals surface area contributed by atoms with Gasteiger partial charge in [0, 0.05) is 22.9 Å². The fourth-order valence-corrected chi connectivity index (χ4v) is 0.764. The van der Waals surface area contributed by atoms with Crippen molar-refractivity contribution in [2.45, 2.75) is 25.9 Å². The van der Waals surface area contributed by atoms with E-state index >= 15 is 0 Å². The van der Waals surface area contributed by atoms with E-state index in [0.29, 0.717) is 0 Å². The van der Waals surface area contributed by atoms with E-state index in [1.807, 2.05) is 29.8 Å². The zero-order valence-corrected chi connectivity index (χ0v) is 7.45. The smallest absolute Gasteiger partial charge is 0.170 e. The Labute approximate surface area is 68.7 Å². The lowest BCUT2D eigenvalue weighted by Crippen LogP contribution is -2.45. The van der Waals surface area contributed by atoms with Gasteiger partial charge in [0.1, 0.15) is 0 Å². The van der Waals surface area contributed by atoms with Gasteiger partial charge < -0.3 is 10.8 Å². The van der Waals surface area contributed by atoms with Crippen molar-refractivity contribution in [2.24, 2.45) is 11.5 Å². The molecule has 0 fully saturated rings. The Balaban J connectivity index is 3.58. The molecule has 2 atom stereocenters. The molecular formula is C4H12IN3O. The third-order valence-electron chi connectivity index (χ3n) is 0.988. The Morgan fingerprint density at radius 3 is 2.22 bits per heavy atom. The minimum atomic E-state index is -0.958. The van der Waals surface area contributed by atoms with Crippen molar-refractivity contribution in [2.75, 3.05) is 0 Å². The predicted molar refractivity (Wildman–Crippen MR) is 44.3 cm³/mol. The largest absolute Gasteiger partial charge is 0.365 e. The fraction of sp³-hybridized carbons (Fsp3) is 1.00. The first-order valence-corrected chi connectivity index (χ1v) is 3.69. The van der Waals surface area contributed by atoms with Crippen LogP contribution in [0, 0.1) is 0 Å². The standard InChI is InChI=1S/C4H12IN3O/c1-2-3(6)8(5)4(7)9/h3-4,9H,2,6-7H2,1H3. The highest BCUT2D eigenvalue weighted by molar-refractivity contribution is 14.1. The van der Waals surface area contributed by atoms with Gasteiger partial charge in [0.2, 0.25) is 0 Å². The number of aliphatic hydroxyl groups excluding tert-OH is 1. The predicted octanol–water partition coefficient (Wildman–Crippen LogP) is -0.432. The number of nitrogens with two attached hydrogens (primary N) is 2. The SMILES string of the molecule is CCC(N)N(I)C(N)O. The Bertz CT molecular complexity index is 80.2. The third kappa shape index (κ3) is 3.31. The van der Waals surface area contributed by atoms with Gasteiger partial charge in [-0.3, -0.25) is 5.73 Å². The number of halogens is 1. The molecule has 56 valence electrons. The summed E-state index contributed by atoms with van der Waals surface area (Å²) in [4.78, 5) is 0. The van der Waals surface area contributed by atoms with Gasteiger partial charge in [0.25, 0.3) is 0 Å². The minimum absolute atomic E-state index is 0.161. The molecule has 0 aliphatic rings. The molecule has 0 heterocycles. The molecule has 5 N–H and O–H groups in total. The Morgan fingerprint density at radius 2 is 2.11 bits per heavy atom. The van der Waals surface area contributed by atoms with E-state index in [-0.39, 0.29) is 6.17 Å². The van der Waals surface area contributed by atoms with Gasteiger partial charge in [-0.25, -0.2) is 0 Å². The van der Waals surface area contributed by atoms with Crippen LogP contribution in [0.15, 0.2) is 0 Å². The third-order valence-corrected chi connectivity index (χ3v) is 2.27. The molecule has 0 aromatic heterocycles. The number of nitrogens with zero attached hydrogens (tertiary/aromatic N) is 1. The van der Waals surface area contributed by atoms with E-state index in [1.54, 1.807) is 0 Å². The summed E-state index contributed by atoms with van der Waals surface area (Å²) in [5.74, 6) is 0. The molecular weight excluding hydrogens is 233 g/mol. The first-order chi connectivity index (χ1) is 4.09. The minimum Gasteiger partial charge on any atom is -0.365 e. The Morgan fingerprint density at radius 1 is 1.67 bits per heavy atom. The summed E-state index contributed by atoms with van der Waals surface area (Å²) < 4.78 is 1.47. The number of hydrogen-bond acceptors (Lipinski definition) is 4. The summed E-state index contributed by atoms with van der Waals surface area (Å²) in [7, 11) is 0. The van der Waals surface area contributed by atoms with Crippen molar-refractivity contribution in [3.8, 4) is 0 Å². The van der Waals surface area contributed by atoms with Gasteiger partial charge in [-0.15, -0.1) is 0 Å². The van der Waals surface area contributed by atoms with E-state index in [4.69, 9.17) is 16.6 Å². The van der Waals surface area contributed by atoms with Crippen LogP contribution in [0.3, 0.4) is 0 Å². The molecule has 2 unspecified atom stereocenters. The second-order valence-corrected chi connectivity index (χ2v) is 2.85. The highest BCUT2D eigenvalue weighted by Gasteiger charge is 2.13. The molecule has 0 aromatic rings. The van der Waals surface area contributed by atoms with Crippen molar-refractivity contribution >= 4 is 22.9 Å². The summed E-state index contributed by atoms with van der Waals surface area (Å²) >= 11 is 1.89. The Hall–Kier alpha value is 0.570. The average molecular weight is 245 g/mol. The average Bonchev–Trinajstić information content (AvgIpc) is 1.84. The molecule has 0 aromatic carbocycles. The van der Waals surface area contributed by atoms with Crippen LogP contribution in [-0.2, 0) is 0 Å². The van der Waals surface area contributed by atoms with E-state index in [2.05, 4.69) is 0 Å². The number of rotatable bonds is 3. The van der Waals surface area contributed by atoms with Crippen LogP contribution in [0.1, 0.15) is 13.3 Å². The normalized spacial score (nSPS) is 18.0. The van der Waals surface area contributed by atoms with Crippen LogP contribution in [0.2, 0.25) is 0 Å². The molecule has 0 rings (SSSR count). The summed E-state index contributed by atoms with van der Waals surface area (Å²) in [5, 5.41) is 8.74. The lowest BCUT2D eigenvalue weighted by molar-refractivity contribution is 0.0663. The topological polar surface area (TPSA) is 75.5 Å². The van der Waals surface area contributed by atoms with Crippen molar-refractivity contribution in [3.63, 3.8) is 0 Å². The molecule has 0 aliphatic heterocycles. The van der Waals surface area contributed by atoms with Gasteiger partial charge in [0.05, 0.1) is 6.17 Å². The van der Waals surface area contributed by atoms with Crippen molar-refractivity contribution in [1.29, 1.82) is 0 Å². The summed E-state index contributed by atoms with van der Waals surface area (Å²) in [6.07, 6.45) is -0.344. The van der Waals surface area contributed by atoms with Crippen molar-refractivity contribution < 1.29 is 5.11 Å². The molecule has 0 bridgehead atoms. The second kappa shape index (κ2) is 4.40. The zero-order chi connectivity index (χ0) is 7.44. The van der Waals surface area contributed by atoms with Gasteiger partial charge in [-0.2, -0.15) is 3.11 Å². The van der Waals surface area contributed by atoms with E-state index in [9.17, 15) is 0 Å². The maximum absolute atomic E-state index is 8.74. The first kappa shape index (κ1) is 9.57. The molecule has 0 aliphatic carbocycles. The van der Waals surface area contributed by atoms with Crippen molar-refractivity contribution in [1.82, 2.24) is 3.11 Å². The monoisotopic (exact) mass is 245 g/mol. The second-order valence-electron chi connectivity index (χ2n) is 1.73. The van der Waals surface area contributed by atoms with E-state index in [1.165, 1.54) is 3.11 Å². The van der Waals surface area contributed by atoms with Crippen molar-refractivity contribution in [3.05, 3.63) is 0 Å². The van der Waals surface area contributed by atoms with E-state index < -0.39 is 6.35 Å². The van der Waals surface area contributed by atoms with Crippen LogP contribution in [0.25, 0.3) is 0 Å². The number of hydrogen-bond donors (Lipinski definition) is 3. The van der Waals surface area contributed by atoms with Gasteiger partial charge >= 0.3 is 0 Å². The highest BCUT2D eigenvalue weighted by atomic mass is 127. The van der Waals surface area contributed by atoms with Crippen LogP contribution >= 0.6 is 22.9 Å². The summed E-state index contributed by atoms with van der Waals surface area (Å²) in [6, 6.07) is 0. The fourth-order valence-electron chi connectivity index (χ4n) is 0.371. The summed E-state index contributed by atoms with van der Waals surface area (Å²) in [6.45, 7) is 1.93. The van der Waals surface area contributed by atoms with Crippen LogP contribution in [0.4, 0.5) is 0 Å². The first-order valence-electron chi connectivity index (χ1n) is 2.73. The molecule has 0 saturated heterocycles. The highest BCUT2D eigenvalue weighted by Crippen LogP contribution is 2.05. The van der Waals surface area contributed by atoms with Crippen LogP contribution in [0.5, 0.6) is 0 Å². The lowest BCUT2D eigenvalue weighted by atomic mass is 10.4. The quantitative estimate of drug-likeness (QED) is 0.358. The molecule has 0 saturated carbocycles. The van der Waals surface area contributed by atoms with Gasteiger partial charge in [0.15, 0.2) is 6.35 Å². The molecule has 0 radical (unpaired) electrons. The molecule has 0 spiro atoms. The number of aliphatic hydroxyl groups is 1. The molecule has 0 amide bonds. The van der Waals surface area contributed by atoms with E-state index in [0.717, 1.165) is 6.42 Å². The molecule has 9 heavy (non-hydrogen) atoms. The van der Waals surface area contributed by atoms with Crippen LogP contribution in [-0.4, -0.2) is 20.7 Å². The van der Waals surface area contributed by atoms with Gasteiger partial charge in [-0.05, 0) is 6.42 Å². The molecule has 4 nitrogen and oxygen atoms in total. The lowest BCUT2D eigenvalue weighted by Gasteiger charge is -2.22. The van der Waals surface area contributed by atoms with Gasteiger partial charge in [-0.1, -0.05) is 6.92 Å². The molecule has 5 heteroatoms. The Kier molecular flexibility index (Phi) is 4.67.